The molecule has 0 radical (unpaired) electrons. The highest BCUT2D eigenvalue weighted by Crippen LogP contribution is 2.19. The summed E-state index contributed by atoms with van der Waals surface area (Å²) in [4.78, 5) is 29.3. The lowest BCUT2D eigenvalue weighted by atomic mass is 10.2. The Morgan fingerprint density at radius 3 is 2.31 bits per heavy atom. The quantitative estimate of drug-likeness (QED) is 0.471. The Kier molecular flexibility index (Phi) is 5.74. The molecule has 0 aliphatic heterocycles. The second kappa shape index (κ2) is 8.64. The van der Waals surface area contributed by atoms with Crippen LogP contribution in [-0.4, -0.2) is 23.9 Å². The average Bonchev–Trinajstić information content (AvgIpc) is 2.77. The van der Waals surface area contributed by atoms with E-state index in [9.17, 15) is 18.0 Å². The number of amides is 1. The molecule has 9 heteroatoms. The molecule has 0 unspecified atom stereocenters. The molecule has 1 aromatic heterocycles. The Morgan fingerprint density at radius 2 is 1.59 bits per heavy atom. The maximum atomic E-state index is 12.5. The van der Waals surface area contributed by atoms with E-state index < -0.39 is 15.9 Å². The Labute approximate surface area is 184 Å². The Bertz CT molecular complexity index is 1440. The first-order chi connectivity index (χ1) is 15.3. The van der Waals surface area contributed by atoms with Crippen LogP contribution < -0.4 is 15.6 Å². The topological polar surface area (TPSA) is 110 Å². The van der Waals surface area contributed by atoms with E-state index in [4.69, 9.17) is 0 Å². The molecule has 0 saturated carbocycles. The number of rotatable bonds is 6. The Hall–Kier alpha value is -3.98. The van der Waals surface area contributed by atoms with E-state index in [0.29, 0.717) is 22.3 Å². The van der Waals surface area contributed by atoms with Crippen LogP contribution in [0.5, 0.6) is 0 Å². The fourth-order valence-electron chi connectivity index (χ4n) is 3.13. The van der Waals surface area contributed by atoms with Gasteiger partial charge in [-0.3, -0.25) is 18.9 Å². The van der Waals surface area contributed by atoms with Gasteiger partial charge in [0.2, 0.25) is 5.91 Å². The highest BCUT2D eigenvalue weighted by molar-refractivity contribution is 7.92. The van der Waals surface area contributed by atoms with Gasteiger partial charge in [0.25, 0.3) is 15.6 Å². The van der Waals surface area contributed by atoms with Crippen molar-refractivity contribution in [3.63, 3.8) is 0 Å². The number of aromatic nitrogens is 2. The molecular formula is C23H20N4O4S. The number of aryl methyl sites for hydroxylation is 1. The van der Waals surface area contributed by atoms with Crippen LogP contribution in [0.4, 0.5) is 11.4 Å². The molecule has 2 N–H and O–H groups in total. The molecule has 0 saturated heterocycles. The van der Waals surface area contributed by atoms with Crippen molar-refractivity contribution in [1.82, 2.24) is 9.55 Å². The second-order valence-electron chi connectivity index (χ2n) is 7.24. The Morgan fingerprint density at radius 1 is 0.938 bits per heavy atom. The number of para-hydroxylation sites is 1. The van der Waals surface area contributed by atoms with E-state index in [1.54, 1.807) is 60.7 Å². The van der Waals surface area contributed by atoms with E-state index in [1.165, 1.54) is 23.0 Å². The monoisotopic (exact) mass is 448 g/mol. The van der Waals surface area contributed by atoms with Crippen molar-refractivity contribution in [2.75, 3.05) is 10.0 Å². The fraction of sp³-hybridized carbons (Fsp3) is 0.0870. The summed E-state index contributed by atoms with van der Waals surface area (Å²) in [6.07, 6.45) is 1.34. The van der Waals surface area contributed by atoms with Crippen molar-refractivity contribution in [2.24, 2.45) is 0 Å². The van der Waals surface area contributed by atoms with Crippen LogP contribution in [0, 0.1) is 6.92 Å². The van der Waals surface area contributed by atoms with Gasteiger partial charge in [-0.1, -0.05) is 29.8 Å². The van der Waals surface area contributed by atoms with Crippen molar-refractivity contribution < 1.29 is 13.2 Å². The first-order valence-corrected chi connectivity index (χ1v) is 11.2. The maximum absolute atomic E-state index is 12.5. The number of fused-ring (bicyclic) bond motifs is 1. The van der Waals surface area contributed by atoms with Crippen molar-refractivity contribution in [3.05, 3.63) is 95.0 Å². The van der Waals surface area contributed by atoms with Gasteiger partial charge in [-0.25, -0.2) is 13.4 Å². The minimum atomic E-state index is -3.71. The third kappa shape index (κ3) is 4.68. The van der Waals surface area contributed by atoms with Gasteiger partial charge in [0.1, 0.15) is 6.54 Å². The number of nitrogens with one attached hydrogen (secondary N) is 2. The maximum Gasteiger partial charge on any atom is 0.261 e. The predicted octanol–water partition coefficient (Wildman–Crippen LogP) is 3.14. The summed E-state index contributed by atoms with van der Waals surface area (Å²) in [5.74, 6) is -0.405. The van der Waals surface area contributed by atoms with Crippen LogP contribution in [0.1, 0.15) is 5.56 Å². The summed E-state index contributed by atoms with van der Waals surface area (Å²) < 4.78 is 28.7. The SMILES string of the molecule is Cc1ccc(S(=O)(=O)Nc2ccc(NC(=O)Cn3cnc4ccccc4c3=O)cc2)cc1. The van der Waals surface area contributed by atoms with Crippen molar-refractivity contribution >= 4 is 38.2 Å². The molecule has 0 bridgehead atoms. The molecule has 4 rings (SSSR count). The normalized spacial score (nSPS) is 11.3. The molecule has 0 fully saturated rings. The number of carbonyl (C=O) groups excluding carboxylic acids is 1. The van der Waals surface area contributed by atoms with E-state index in [0.717, 1.165) is 5.56 Å². The van der Waals surface area contributed by atoms with Gasteiger partial charge in [-0.15, -0.1) is 0 Å². The zero-order chi connectivity index (χ0) is 22.7. The molecule has 8 nitrogen and oxygen atoms in total. The van der Waals surface area contributed by atoms with Gasteiger partial charge in [0, 0.05) is 11.4 Å². The smallest absolute Gasteiger partial charge is 0.261 e. The van der Waals surface area contributed by atoms with Crippen LogP contribution in [0.2, 0.25) is 0 Å². The third-order valence-electron chi connectivity index (χ3n) is 4.80. The summed E-state index contributed by atoms with van der Waals surface area (Å²) in [6.45, 7) is 1.68. The van der Waals surface area contributed by atoms with Gasteiger partial charge >= 0.3 is 0 Å². The van der Waals surface area contributed by atoms with E-state index in [-0.39, 0.29) is 17.0 Å². The number of anilines is 2. The zero-order valence-electron chi connectivity index (χ0n) is 17.1. The van der Waals surface area contributed by atoms with Crippen LogP contribution in [0.3, 0.4) is 0 Å². The lowest BCUT2D eigenvalue weighted by molar-refractivity contribution is -0.116. The third-order valence-corrected chi connectivity index (χ3v) is 6.19. The summed E-state index contributed by atoms with van der Waals surface area (Å²) in [5, 5.41) is 3.13. The average molecular weight is 449 g/mol. The molecule has 0 spiro atoms. The van der Waals surface area contributed by atoms with Gasteiger partial charge < -0.3 is 5.32 Å². The number of nitrogens with zero attached hydrogens (tertiary/aromatic N) is 2. The molecule has 4 aromatic rings. The van der Waals surface area contributed by atoms with E-state index >= 15 is 0 Å². The molecule has 32 heavy (non-hydrogen) atoms. The molecule has 1 amide bonds. The van der Waals surface area contributed by atoms with Crippen LogP contribution in [0.15, 0.2) is 88.8 Å². The van der Waals surface area contributed by atoms with Crippen LogP contribution in [-0.2, 0) is 21.4 Å². The van der Waals surface area contributed by atoms with Gasteiger partial charge in [-0.05, 0) is 55.5 Å². The largest absolute Gasteiger partial charge is 0.325 e. The summed E-state index contributed by atoms with van der Waals surface area (Å²) in [7, 11) is -3.71. The first-order valence-electron chi connectivity index (χ1n) is 9.75. The number of sulfonamides is 1. The first kappa shape index (κ1) is 21.3. The minimum absolute atomic E-state index is 0.162. The Balaban J connectivity index is 1.42. The van der Waals surface area contributed by atoms with Gasteiger partial charge in [0.05, 0.1) is 22.1 Å². The number of hydrogen-bond donors (Lipinski definition) is 2. The second-order valence-corrected chi connectivity index (χ2v) is 8.92. The number of benzene rings is 3. The number of carbonyl (C=O) groups is 1. The fourth-order valence-corrected chi connectivity index (χ4v) is 4.19. The van der Waals surface area contributed by atoms with Crippen LogP contribution in [0.25, 0.3) is 10.9 Å². The highest BCUT2D eigenvalue weighted by Gasteiger charge is 2.14. The summed E-state index contributed by atoms with van der Waals surface area (Å²) in [5.41, 5.74) is 2.06. The predicted molar refractivity (Wildman–Crippen MR) is 123 cm³/mol. The van der Waals surface area contributed by atoms with Crippen molar-refractivity contribution in [2.45, 2.75) is 18.4 Å². The standard InChI is InChI=1S/C23H20N4O4S/c1-16-6-12-19(13-7-16)32(30,31)26-18-10-8-17(9-11-18)25-22(28)14-27-15-24-21-5-3-2-4-20(21)23(27)29/h2-13,15,26H,14H2,1H3,(H,25,28). The lowest BCUT2D eigenvalue weighted by Crippen LogP contribution is -2.27. The molecule has 0 aliphatic carbocycles. The van der Waals surface area contributed by atoms with Crippen molar-refractivity contribution in [1.29, 1.82) is 0 Å². The molecule has 0 atom stereocenters. The van der Waals surface area contributed by atoms with Gasteiger partial charge in [-0.2, -0.15) is 0 Å². The number of hydrogen-bond acceptors (Lipinski definition) is 5. The van der Waals surface area contributed by atoms with E-state index in [2.05, 4.69) is 15.0 Å². The minimum Gasteiger partial charge on any atom is -0.325 e. The summed E-state index contributed by atoms with van der Waals surface area (Å²) in [6, 6.07) is 19.7. The lowest BCUT2D eigenvalue weighted by Gasteiger charge is -2.10. The molecule has 162 valence electrons. The summed E-state index contributed by atoms with van der Waals surface area (Å²) >= 11 is 0. The van der Waals surface area contributed by atoms with Crippen LogP contribution >= 0.6 is 0 Å². The van der Waals surface area contributed by atoms with Crippen molar-refractivity contribution in [3.8, 4) is 0 Å². The highest BCUT2D eigenvalue weighted by atomic mass is 32.2. The zero-order valence-corrected chi connectivity index (χ0v) is 18.0. The van der Waals surface area contributed by atoms with Gasteiger partial charge in [0.15, 0.2) is 0 Å². The van der Waals surface area contributed by atoms with E-state index in [1.807, 2.05) is 6.92 Å². The molecule has 0 aliphatic rings. The molecule has 1 heterocycles. The molecular weight excluding hydrogens is 428 g/mol. The molecule has 3 aromatic carbocycles.